The molecule has 0 aliphatic carbocycles. The third-order valence-corrected chi connectivity index (χ3v) is 7.16. The van der Waals surface area contributed by atoms with Crippen molar-refractivity contribution >= 4 is 23.4 Å². The van der Waals surface area contributed by atoms with Crippen molar-refractivity contribution in [2.45, 2.75) is 32.7 Å². The van der Waals surface area contributed by atoms with Crippen LogP contribution in [-0.4, -0.2) is 48.4 Å². The minimum absolute atomic E-state index is 0.0192. The number of piperidine rings is 1. The second-order valence-electron chi connectivity index (χ2n) is 9.95. The van der Waals surface area contributed by atoms with Crippen molar-refractivity contribution in [3.05, 3.63) is 100 Å². The first-order valence-electron chi connectivity index (χ1n) is 12.5. The third kappa shape index (κ3) is 6.89. The lowest BCUT2D eigenvalue weighted by Gasteiger charge is -2.43. The van der Waals surface area contributed by atoms with Crippen molar-refractivity contribution in [1.29, 1.82) is 0 Å². The molecule has 1 saturated heterocycles. The number of benzene rings is 3. The first-order valence-corrected chi connectivity index (χ1v) is 12.8. The van der Waals surface area contributed by atoms with Crippen LogP contribution in [0, 0.1) is 18.2 Å². The van der Waals surface area contributed by atoms with Gasteiger partial charge >= 0.3 is 0 Å². The minimum atomic E-state index is -0.596. The van der Waals surface area contributed by atoms with Crippen molar-refractivity contribution < 1.29 is 18.7 Å². The average molecular weight is 523 g/mol. The van der Waals surface area contributed by atoms with Gasteiger partial charge in [0.1, 0.15) is 11.6 Å². The zero-order valence-electron chi connectivity index (χ0n) is 21.3. The first kappa shape index (κ1) is 26.7. The van der Waals surface area contributed by atoms with Gasteiger partial charge in [-0.15, -0.1) is 0 Å². The number of halogens is 2. The van der Waals surface area contributed by atoms with Gasteiger partial charge in [-0.1, -0.05) is 54.1 Å². The number of nitrogens with zero attached hydrogens (tertiary/aromatic N) is 2. The quantitative estimate of drug-likeness (QED) is 0.357. The maximum atomic E-state index is 14.2. The van der Waals surface area contributed by atoms with E-state index in [1.165, 1.54) is 6.07 Å². The van der Waals surface area contributed by atoms with E-state index in [1.807, 2.05) is 42.5 Å². The molecule has 2 amide bonds. The molecule has 3 aromatic rings. The molecule has 5 nitrogen and oxygen atoms in total. The Labute approximate surface area is 222 Å². The highest BCUT2D eigenvalue weighted by Gasteiger charge is 2.41. The van der Waals surface area contributed by atoms with Gasteiger partial charge in [-0.2, -0.15) is 0 Å². The maximum absolute atomic E-state index is 14.2. The van der Waals surface area contributed by atoms with Gasteiger partial charge in [0, 0.05) is 49.1 Å². The molecule has 4 rings (SSSR count). The molecule has 1 aliphatic heterocycles. The summed E-state index contributed by atoms with van der Waals surface area (Å²) >= 11 is 6.14. The lowest BCUT2D eigenvalue weighted by molar-refractivity contribution is -0.134. The summed E-state index contributed by atoms with van der Waals surface area (Å²) in [7, 11) is 1.79. The molecule has 0 bridgehead atoms. The van der Waals surface area contributed by atoms with Crippen LogP contribution < -0.4 is 4.74 Å². The Balaban J connectivity index is 1.54. The molecular weight excluding hydrogens is 491 g/mol. The summed E-state index contributed by atoms with van der Waals surface area (Å²) in [6.07, 6.45) is 1.67. The SMILES string of the molecule is Cc1ccc(C(=O)N2CCC[C@](COc3cccc(Cl)c3)(CC(=O)N(C)Cc3ccccc3)C2)cc1F. The number of carbonyl (C=O) groups excluding carboxylic acids is 2. The van der Waals surface area contributed by atoms with E-state index in [0.29, 0.717) is 48.0 Å². The van der Waals surface area contributed by atoms with Crippen LogP contribution in [0.15, 0.2) is 72.8 Å². The monoisotopic (exact) mass is 522 g/mol. The number of hydrogen-bond acceptors (Lipinski definition) is 3. The second kappa shape index (κ2) is 11.8. The van der Waals surface area contributed by atoms with Crippen LogP contribution in [0.4, 0.5) is 4.39 Å². The van der Waals surface area contributed by atoms with Crippen LogP contribution in [0.3, 0.4) is 0 Å². The Morgan fingerprint density at radius 3 is 2.59 bits per heavy atom. The van der Waals surface area contributed by atoms with Crippen molar-refractivity contribution in [2.75, 3.05) is 26.7 Å². The van der Waals surface area contributed by atoms with Gasteiger partial charge < -0.3 is 14.5 Å². The largest absolute Gasteiger partial charge is 0.493 e. The van der Waals surface area contributed by atoms with Crippen LogP contribution in [0.5, 0.6) is 5.75 Å². The number of aryl methyl sites for hydroxylation is 1. The van der Waals surface area contributed by atoms with E-state index in [4.69, 9.17) is 16.3 Å². The molecule has 3 aromatic carbocycles. The Morgan fingerprint density at radius 1 is 1.08 bits per heavy atom. The van der Waals surface area contributed by atoms with Gasteiger partial charge in [0.25, 0.3) is 5.91 Å². The van der Waals surface area contributed by atoms with E-state index in [0.717, 1.165) is 12.0 Å². The highest BCUT2D eigenvalue weighted by Crippen LogP contribution is 2.36. The molecule has 1 atom stereocenters. The summed E-state index contributed by atoms with van der Waals surface area (Å²) in [5, 5.41) is 0.562. The second-order valence-corrected chi connectivity index (χ2v) is 10.4. The van der Waals surface area contributed by atoms with Gasteiger partial charge in [0.2, 0.25) is 5.91 Å². The molecule has 1 fully saturated rings. The van der Waals surface area contributed by atoms with Crippen LogP contribution >= 0.6 is 11.6 Å². The normalized spacial score (nSPS) is 17.4. The molecular formula is C30H32ClFN2O3. The molecule has 0 unspecified atom stereocenters. The van der Waals surface area contributed by atoms with Crippen molar-refractivity contribution in [3.8, 4) is 5.75 Å². The third-order valence-electron chi connectivity index (χ3n) is 6.92. The van der Waals surface area contributed by atoms with Crippen LogP contribution in [0.2, 0.25) is 5.02 Å². The lowest BCUT2D eigenvalue weighted by atomic mass is 9.77. The highest BCUT2D eigenvalue weighted by molar-refractivity contribution is 6.30. The molecule has 0 N–H and O–H groups in total. The van der Waals surface area contributed by atoms with E-state index in [9.17, 15) is 14.0 Å². The van der Waals surface area contributed by atoms with Crippen molar-refractivity contribution in [3.63, 3.8) is 0 Å². The molecule has 194 valence electrons. The van der Waals surface area contributed by atoms with Gasteiger partial charge in [0.15, 0.2) is 0 Å². The van der Waals surface area contributed by atoms with Crippen molar-refractivity contribution in [2.24, 2.45) is 5.41 Å². The summed E-state index contributed by atoms with van der Waals surface area (Å²) in [4.78, 5) is 30.2. The average Bonchev–Trinajstić information content (AvgIpc) is 2.89. The molecule has 0 aromatic heterocycles. The summed E-state index contributed by atoms with van der Waals surface area (Å²) in [6.45, 7) is 3.30. The first-order chi connectivity index (χ1) is 17.7. The predicted octanol–water partition coefficient (Wildman–Crippen LogP) is 6.14. The van der Waals surface area contributed by atoms with Gasteiger partial charge in [0.05, 0.1) is 6.61 Å². The number of amides is 2. The van der Waals surface area contributed by atoms with E-state index in [-0.39, 0.29) is 24.8 Å². The number of ether oxygens (including phenoxy) is 1. The molecule has 0 radical (unpaired) electrons. The molecule has 1 aliphatic rings. The lowest BCUT2D eigenvalue weighted by Crippen LogP contribution is -2.50. The van der Waals surface area contributed by atoms with Crippen molar-refractivity contribution in [1.82, 2.24) is 9.80 Å². The zero-order valence-corrected chi connectivity index (χ0v) is 22.0. The van der Waals surface area contributed by atoms with Crippen LogP contribution in [0.25, 0.3) is 0 Å². The van der Waals surface area contributed by atoms with E-state index >= 15 is 0 Å². The fourth-order valence-corrected chi connectivity index (χ4v) is 4.98. The summed E-state index contributed by atoms with van der Waals surface area (Å²) in [5.41, 5.74) is 1.25. The minimum Gasteiger partial charge on any atom is -0.493 e. The van der Waals surface area contributed by atoms with E-state index in [2.05, 4.69) is 0 Å². The Morgan fingerprint density at radius 2 is 1.86 bits per heavy atom. The highest BCUT2D eigenvalue weighted by atomic mass is 35.5. The van der Waals surface area contributed by atoms with Crippen LogP contribution in [-0.2, 0) is 11.3 Å². The fraction of sp³-hybridized carbons (Fsp3) is 0.333. The maximum Gasteiger partial charge on any atom is 0.253 e. The van der Waals surface area contributed by atoms with Gasteiger partial charge in [-0.25, -0.2) is 4.39 Å². The molecule has 1 heterocycles. The molecule has 0 saturated carbocycles. The Bertz CT molecular complexity index is 1250. The zero-order chi connectivity index (χ0) is 26.4. The predicted molar refractivity (Wildman–Crippen MR) is 143 cm³/mol. The topological polar surface area (TPSA) is 49.9 Å². The standard InChI is InChI=1S/C30H32ClFN2O3/c1-22-12-13-24(16-27(22)32)29(36)34-15-7-14-30(20-34,21-37-26-11-6-10-25(31)17-26)18-28(35)33(2)19-23-8-4-3-5-9-23/h3-6,8-13,16-17H,7,14-15,18-21H2,1-2H3/t30-/m0/s1. The Hall–Kier alpha value is -3.38. The number of likely N-dealkylation sites (tertiary alicyclic amines) is 1. The molecule has 0 spiro atoms. The number of rotatable bonds is 8. The number of hydrogen-bond donors (Lipinski definition) is 0. The van der Waals surface area contributed by atoms with Crippen LogP contribution in [0.1, 0.15) is 40.7 Å². The summed E-state index contributed by atoms with van der Waals surface area (Å²) < 4.78 is 20.3. The molecule has 7 heteroatoms. The van der Waals surface area contributed by atoms with E-state index in [1.54, 1.807) is 48.0 Å². The number of carbonyl (C=O) groups is 2. The summed E-state index contributed by atoms with van der Waals surface area (Å²) in [6, 6.07) is 21.5. The fourth-order valence-electron chi connectivity index (χ4n) is 4.80. The Kier molecular flexibility index (Phi) is 8.49. The van der Waals surface area contributed by atoms with E-state index < -0.39 is 11.2 Å². The summed E-state index contributed by atoms with van der Waals surface area (Å²) in [5.74, 6) is -0.0535. The molecule has 37 heavy (non-hydrogen) atoms. The van der Waals surface area contributed by atoms with Gasteiger partial charge in [-0.3, -0.25) is 9.59 Å². The van der Waals surface area contributed by atoms with Gasteiger partial charge in [-0.05, 0) is 61.2 Å². The smallest absolute Gasteiger partial charge is 0.253 e.